The number of carbonyl (C=O) groups excluding carboxylic acids is 1. The van der Waals surface area contributed by atoms with E-state index in [1.54, 1.807) is 54.7 Å². The first-order valence-electron chi connectivity index (χ1n) is 8.65. The number of halogens is 1. The monoisotopic (exact) mass is 430 g/mol. The second-order valence-electron chi connectivity index (χ2n) is 6.13. The number of para-hydroxylation sites is 1. The summed E-state index contributed by atoms with van der Waals surface area (Å²) >= 11 is 5.73. The van der Waals surface area contributed by atoms with Crippen LogP contribution in [0.2, 0.25) is 5.15 Å². The van der Waals surface area contributed by atoms with Crippen LogP contribution >= 0.6 is 11.6 Å². The number of benzene rings is 2. The lowest BCUT2D eigenvalue weighted by molar-refractivity contribution is 0.251. The third kappa shape index (κ3) is 5.24. The molecule has 0 unspecified atom stereocenters. The van der Waals surface area contributed by atoms with E-state index in [9.17, 15) is 13.2 Å². The number of rotatable bonds is 6. The lowest BCUT2D eigenvalue weighted by Gasteiger charge is -2.20. The molecule has 0 atom stereocenters. The van der Waals surface area contributed by atoms with E-state index < -0.39 is 16.1 Å². The average molecular weight is 431 g/mol. The molecule has 0 radical (unpaired) electrons. The minimum atomic E-state index is -3.77. The van der Waals surface area contributed by atoms with Crippen molar-refractivity contribution < 1.29 is 13.2 Å². The predicted molar refractivity (Wildman–Crippen MR) is 114 cm³/mol. The lowest BCUT2D eigenvalue weighted by atomic mass is 10.3. The van der Waals surface area contributed by atoms with Crippen LogP contribution < -0.4 is 14.9 Å². The third-order valence-corrected chi connectivity index (χ3v) is 6.12. The summed E-state index contributed by atoms with van der Waals surface area (Å²) in [6.07, 6.45) is 1.56. The molecule has 0 aliphatic carbocycles. The van der Waals surface area contributed by atoms with Crippen molar-refractivity contribution in [3.63, 3.8) is 0 Å². The summed E-state index contributed by atoms with van der Waals surface area (Å²) in [5.41, 5.74) is 1.69. The maximum atomic E-state index is 12.9. The topological polar surface area (TPSA) is 91.4 Å². The Bertz CT molecular complexity index is 1090. The zero-order valence-corrected chi connectivity index (χ0v) is 17.1. The van der Waals surface area contributed by atoms with Gasteiger partial charge in [0.25, 0.3) is 10.0 Å². The number of urea groups is 1. The van der Waals surface area contributed by atoms with Gasteiger partial charge in [-0.2, -0.15) is 0 Å². The summed E-state index contributed by atoms with van der Waals surface area (Å²) in [4.78, 5) is 16.2. The lowest BCUT2D eigenvalue weighted by Crippen LogP contribution is -2.29. The number of anilines is 2. The molecule has 0 spiro atoms. The summed E-state index contributed by atoms with van der Waals surface area (Å²) in [6.45, 7) is 0.255. The summed E-state index contributed by atoms with van der Waals surface area (Å²) in [7, 11) is -2.29. The molecule has 29 heavy (non-hydrogen) atoms. The molecule has 0 bridgehead atoms. The molecule has 3 rings (SSSR count). The van der Waals surface area contributed by atoms with Gasteiger partial charge in [0.05, 0.1) is 10.6 Å². The number of hydrogen-bond donors (Lipinski definition) is 2. The van der Waals surface area contributed by atoms with Gasteiger partial charge in [-0.25, -0.2) is 18.2 Å². The number of aromatic nitrogens is 1. The SMILES string of the molecule is CN(c1ccccc1)S(=O)(=O)c1cccc(NC(=O)NCc2ccc(Cl)nc2)c1. The Kier molecular flexibility index (Phi) is 6.36. The highest BCUT2D eigenvalue weighted by atomic mass is 35.5. The van der Waals surface area contributed by atoms with Gasteiger partial charge in [-0.05, 0) is 42.0 Å². The number of nitrogens with one attached hydrogen (secondary N) is 2. The largest absolute Gasteiger partial charge is 0.334 e. The molecule has 0 saturated carbocycles. The van der Waals surface area contributed by atoms with E-state index in [1.165, 1.54) is 23.5 Å². The highest BCUT2D eigenvalue weighted by molar-refractivity contribution is 7.92. The fourth-order valence-electron chi connectivity index (χ4n) is 2.54. The molecule has 3 aromatic rings. The van der Waals surface area contributed by atoms with Crippen LogP contribution in [0.25, 0.3) is 0 Å². The zero-order valence-electron chi connectivity index (χ0n) is 15.5. The van der Waals surface area contributed by atoms with E-state index in [0.717, 1.165) is 5.56 Å². The van der Waals surface area contributed by atoms with Gasteiger partial charge >= 0.3 is 6.03 Å². The number of amides is 2. The second kappa shape index (κ2) is 8.93. The van der Waals surface area contributed by atoms with Gasteiger partial charge in [-0.3, -0.25) is 4.31 Å². The van der Waals surface area contributed by atoms with Crippen molar-refractivity contribution >= 4 is 39.0 Å². The highest BCUT2D eigenvalue weighted by Gasteiger charge is 2.21. The number of hydrogen-bond acceptors (Lipinski definition) is 4. The van der Waals surface area contributed by atoms with Crippen LogP contribution in [0, 0.1) is 0 Å². The summed E-state index contributed by atoms with van der Waals surface area (Å²) in [6, 6.07) is 17.8. The van der Waals surface area contributed by atoms with Crippen LogP contribution in [0.15, 0.2) is 77.8 Å². The van der Waals surface area contributed by atoms with Gasteiger partial charge < -0.3 is 10.6 Å². The maximum absolute atomic E-state index is 12.9. The third-order valence-electron chi connectivity index (χ3n) is 4.11. The Morgan fingerprint density at radius 2 is 1.83 bits per heavy atom. The average Bonchev–Trinajstić information content (AvgIpc) is 2.73. The van der Waals surface area contributed by atoms with Gasteiger partial charge in [0, 0.05) is 25.5 Å². The molecule has 0 aliphatic heterocycles. The Balaban J connectivity index is 1.68. The van der Waals surface area contributed by atoms with Crippen molar-refractivity contribution in [1.29, 1.82) is 0 Å². The van der Waals surface area contributed by atoms with Crippen molar-refractivity contribution in [2.24, 2.45) is 0 Å². The van der Waals surface area contributed by atoms with Crippen molar-refractivity contribution in [3.8, 4) is 0 Å². The van der Waals surface area contributed by atoms with Gasteiger partial charge in [0.1, 0.15) is 5.15 Å². The smallest absolute Gasteiger partial charge is 0.319 e. The molecule has 0 fully saturated rings. The van der Waals surface area contributed by atoms with Crippen LogP contribution in [0.4, 0.5) is 16.2 Å². The molecular weight excluding hydrogens is 412 g/mol. The Morgan fingerprint density at radius 1 is 1.07 bits per heavy atom. The number of nitrogens with zero attached hydrogens (tertiary/aromatic N) is 2. The predicted octanol–water partition coefficient (Wildman–Crippen LogP) is 3.88. The molecule has 2 aromatic carbocycles. The fourth-order valence-corrected chi connectivity index (χ4v) is 3.89. The van der Waals surface area contributed by atoms with Crippen LogP contribution in [0.3, 0.4) is 0 Å². The van der Waals surface area contributed by atoms with Crippen LogP contribution in [-0.4, -0.2) is 26.5 Å². The molecule has 2 N–H and O–H groups in total. The number of carbonyl (C=O) groups is 1. The second-order valence-corrected chi connectivity index (χ2v) is 8.49. The molecular formula is C20H19ClN4O3S. The number of pyridine rings is 1. The molecule has 1 heterocycles. The molecule has 150 valence electrons. The van der Waals surface area contributed by atoms with Crippen molar-refractivity contribution in [3.05, 3.63) is 83.6 Å². The zero-order chi connectivity index (χ0) is 20.9. The van der Waals surface area contributed by atoms with Crippen molar-refractivity contribution in [2.75, 3.05) is 16.7 Å². The first-order chi connectivity index (χ1) is 13.9. The standard InChI is InChI=1S/C20H19ClN4O3S/c1-25(17-7-3-2-4-8-17)29(27,28)18-9-5-6-16(12-18)24-20(26)23-14-15-10-11-19(21)22-13-15/h2-13H,14H2,1H3,(H2,23,24,26). The van der Waals surface area contributed by atoms with Crippen LogP contribution in [-0.2, 0) is 16.6 Å². The maximum Gasteiger partial charge on any atom is 0.319 e. The fraction of sp³-hybridized carbons (Fsp3) is 0.100. The van der Waals surface area contributed by atoms with Gasteiger partial charge in [0.15, 0.2) is 0 Å². The Hall–Kier alpha value is -3.10. The molecule has 0 saturated heterocycles. The summed E-state index contributed by atoms with van der Waals surface area (Å²) < 4.78 is 27.0. The van der Waals surface area contributed by atoms with Gasteiger partial charge in [-0.15, -0.1) is 0 Å². The first-order valence-corrected chi connectivity index (χ1v) is 10.5. The van der Waals surface area contributed by atoms with E-state index in [0.29, 0.717) is 16.5 Å². The van der Waals surface area contributed by atoms with E-state index in [-0.39, 0.29) is 11.4 Å². The molecule has 9 heteroatoms. The van der Waals surface area contributed by atoms with E-state index in [1.807, 2.05) is 6.07 Å². The minimum Gasteiger partial charge on any atom is -0.334 e. The van der Waals surface area contributed by atoms with Crippen LogP contribution in [0.5, 0.6) is 0 Å². The van der Waals surface area contributed by atoms with E-state index >= 15 is 0 Å². The molecule has 7 nitrogen and oxygen atoms in total. The minimum absolute atomic E-state index is 0.0727. The summed E-state index contributed by atoms with van der Waals surface area (Å²) in [5, 5.41) is 5.69. The normalized spacial score (nSPS) is 11.0. The molecule has 2 amide bonds. The van der Waals surface area contributed by atoms with E-state index in [4.69, 9.17) is 11.6 Å². The highest BCUT2D eigenvalue weighted by Crippen LogP contribution is 2.23. The Morgan fingerprint density at radius 3 is 2.52 bits per heavy atom. The molecule has 0 aliphatic rings. The first kappa shape index (κ1) is 20.6. The van der Waals surface area contributed by atoms with Crippen molar-refractivity contribution in [1.82, 2.24) is 10.3 Å². The Labute approximate surface area is 174 Å². The van der Waals surface area contributed by atoms with Crippen LogP contribution in [0.1, 0.15) is 5.56 Å². The number of sulfonamides is 1. The van der Waals surface area contributed by atoms with E-state index in [2.05, 4.69) is 15.6 Å². The van der Waals surface area contributed by atoms with Gasteiger partial charge in [0.2, 0.25) is 0 Å². The van der Waals surface area contributed by atoms with Gasteiger partial charge in [-0.1, -0.05) is 41.9 Å². The van der Waals surface area contributed by atoms with Crippen molar-refractivity contribution in [2.45, 2.75) is 11.4 Å². The summed E-state index contributed by atoms with van der Waals surface area (Å²) in [5.74, 6) is 0. The molecule has 1 aromatic heterocycles. The quantitative estimate of drug-likeness (QED) is 0.580.